The molecule has 0 fully saturated rings. The number of anilines is 2. The molecule has 0 spiro atoms. The summed E-state index contributed by atoms with van der Waals surface area (Å²) in [5.41, 5.74) is 7.08. The van der Waals surface area contributed by atoms with Crippen LogP contribution < -0.4 is 11.1 Å². The average Bonchev–Trinajstić information content (AvgIpc) is 2.35. The maximum absolute atomic E-state index is 12.0. The summed E-state index contributed by atoms with van der Waals surface area (Å²) in [6, 6.07) is 11.7. The zero-order valence-electron chi connectivity index (χ0n) is 9.28. The van der Waals surface area contributed by atoms with Crippen LogP contribution in [0.3, 0.4) is 0 Å². The van der Waals surface area contributed by atoms with E-state index >= 15 is 0 Å². The highest BCUT2D eigenvalue weighted by atomic mass is 35.5. The lowest BCUT2D eigenvalue weighted by atomic mass is 10.2. The second-order valence-electron chi connectivity index (χ2n) is 3.68. The number of nitrogens with two attached hydrogens (primary N) is 1. The van der Waals surface area contributed by atoms with Gasteiger partial charge in [0.05, 0.1) is 15.7 Å². The molecule has 92 valence electrons. The fraction of sp³-hybridized carbons (Fsp3) is 0. The molecule has 0 aliphatic heterocycles. The summed E-state index contributed by atoms with van der Waals surface area (Å²) in [6.45, 7) is 0. The van der Waals surface area contributed by atoms with Gasteiger partial charge in [-0.1, -0.05) is 35.3 Å². The minimum Gasteiger partial charge on any atom is -0.399 e. The van der Waals surface area contributed by atoms with Crippen LogP contribution in [-0.2, 0) is 0 Å². The average molecular weight is 281 g/mol. The molecular formula is C13H10Cl2N2O. The third-order valence-electron chi connectivity index (χ3n) is 2.35. The molecule has 0 radical (unpaired) electrons. The van der Waals surface area contributed by atoms with Crippen LogP contribution in [0.1, 0.15) is 10.4 Å². The fourth-order valence-corrected chi connectivity index (χ4v) is 1.82. The van der Waals surface area contributed by atoms with Crippen LogP contribution in [0.4, 0.5) is 11.4 Å². The molecule has 0 atom stereocenters. The lowest BCUT2D eigenvalue weighted by molar-refractivity contribution is 0.102. The Balaban J connectivity index is 2.24. The van der Waals surface area contributed by atoms with Crippen molar-refractivity contribution in [2.45, 2.75) is 0 Å². The Morgan fingerprint density at radius 3 is 2.56 bits per heavy atom. The summed E-state index contributed by atoms with van der Waals surface area (Å²) in [5, 5.41) is 3.39. The Labute approximate surface area is 115 Å². The van der Waals surface area contributed by atoms with Gasteiger partial charge in [-0.2, -0.15) is 0 Å². The topological polar surface area (TPSA) is 55.1 Å². The Morgan fingerprint density at radius 1 is 1.11 bits per heavy atom. The molecule has 0 saturated heterocycles. The van der Waals surface area contributed by atoms with Gasteiger partial charge in [0.1, 0.15) is 0 Å². The van der Waals surface area contributed by atoms with Gasteiger partial charge in [-0.25, -0.2) is 0 Å². The van der Waals surface area contributed by atoms with Gasteiger partial charge in [0.2, 0.25) is 0 Å². The van der Waals surface area contributed by atoms with E-state index in [2.05, 4.69) is 5.32 Å². The Bertz CT molecular complexity index is 599. The molecule has 2 aromatic carbocycles. The van der Waals surface area contributed by atoms with Crippen molar-refractivity contribution < 1.29 is 4.79 Å². The lowest BCUT2D eigenvalue weighted by Crippen LogP contribution is -2.12. The first-order chi connectivity index (χ1) is 8.58. The predicted molar refractivity (Wildman–Crippen MR) is 75.3 cm³/mol. The van der Waals surface area contributed by atoms with E-state index in [0.717, 1.165) is 0 Å². The van der Waals surface area contributed by atoms with Gasteiger partial charge in [0.25, 0.3) is 5.91 Å². The van der Waals surface area contributed by atoms with Crippen molar-refractivity contribution in [3.8, 4) is 0 Å². The van der Waals surface area contributed by atoms with E-state index in [1.807, 2.05) is 0 Å². The molecule has 2 aromatic rings. The maximum Gasteiger partial charge on any atom is 0.255 e. The zero-order valence-corrected chi connectivity index (χ0v) is 10.8. The van der Waals surface area contributed by atoms with Crippen LogP contribution in [0.2, 0.25) is 10.0 Å². The Morgan fingerprint density at radius 2 is 1.83 bits per heavy atom. The molecule has 0 aliphatic rings. The summed E-state index contributed by atoms with van der Waals surface area (Å²) in [4.78, 5) is 12.0. The smallest absolute Gasteiger partial charge is 0.255 e. The van der Waals surface area contributed by atoms with Gasteiger partial charge in [-0.3, -0.25) is 4.79 Å². The molecular weight excluding hydrogens is 271 g/mol. The van der Waals surface area contributed by atoms with Gasteiger partial charge < -0.3 is 11.1 Å². The van der Waals surface area contributed by atoms with E-state index in [4.69, 9.17) is 28.9 Å². The number of halogens is 2. The van der Waals surface area contributed by atoms with E-state index in [1.165, 1.54) is 0 Å². The van der Waals surface area contributed by atoms with Crippen LogP contribution in [0, 0.1) is 0 Å². The minimum absolute atomic E-state index is 0.286. The number of carbonyl (C=O) groups is 1. The molecule has 0 saturated carbocycles. The van der Waals surface area contributed by atoms with Crippen molar-refractivity contribution in [1.82, 2.24) is 0 Å². The number of benzene rings is 2. The highest BCUT2D eigenvalue weighted by Gasteiger charge is 2.10. The van der Waals surface area contributed by atoms with Gasteiger partial charge in [0.15, 0.2) is 0 Å². The molecule has 18 heavy (non-hydrogen) atoms. The third-order valence-corrected chi connectivity index (χ3v) is 3.17. The molecule has 3 N–H and O–H groups in total. The first-order valence-electron chi connectivity index (χ1n) is 5.19. The van der Waals surface area contributed by atoms with Crippen LogP contribution in [0.25, 0.3) is 0 Å². The highest BCUT2D eigenvalue weighted by molar-refractivity contribution is 6.44. The van der Waals surface area contributed by atoms with Gasteiger partial charge >= 0.3 is 0 Å². The number of nitrogen functional groups attached to an aromatic ring is 1. The predicted octanol–water partition coefficient (Wildman–Crippen LogP) is 3.83. The zero-order chi connectivity index (χ0) is 13.1. The molecule has 5 heteroatoms. The van der Waals surface area contributed by atoms with E-state index < -0.39 is 0 Å². The number of rotatable bonds is 2. The van der Waals surface area contributed by atoms with E-state index in [-0.39, 0.29) is 5.91 Å². The SMILES string of the molecule is Nc1cccc(C(=O)Nc2cccc(Cl)c2Cl)c1. The number of hydrogen-bond acceptors (Lipinski definition) is 2. The van der Waals surface area contributed by atoms with E-state index in [0.29, 0.717) is 27.0 Å². The minimum atomic E-state index is -0.286. The van der Waals surface area contributed by atoms with Crippen molar-refractivity contribution in [1.29, 1.82) is 0 Å². The molecule has 1 amide bonds. The summed E-state index contributed by atoms with van der Waals surface area (Å²) >= 11 is 11.8. The number of carbonyl (C=O) groups excluding carboxylic acids is 1. The standard InChI is InChI=1S/C13H10Cl2N2O/c14-10-5-2-6-11(12(10)15)17-13(18)8-3-1-4-9(16)7-8/h1-7H,16H2,(H,17,18). The first kappa shape index (κ1) is 12.7. The maximum atomic E-state index is 12.0. The molecule has 0 heterocycles. The molecule has 0 aliphatic carbocycles. The summed E-state index contributed by atoms with van der Waals surface area (Å²) in [7, 11) is 0. The second kappa shape index (κ2) is 5.29. The molecule has 3 nitrogen and oxygen atoms in total. The van der Waals surface area contributed by atoms with Crippen molar-refractivity contribution >= 4 is 40.5 Å². The fourth-order valence-electron chi connectivity index (χ4n) is 1.47. The van der Waals surface area contributed by atoms with Crippen molar-refractivity contribution in [3.05, 3.63) is 58.1 Å². The lowest BCUT2D eigenvalue weighted by Gasteiger charge is -2.08. The van der Waals surface area contributed by atoms with Crippen molar-refractivity contribution in [2.75, 3.05) is 11.1 Å². The Hall–Kier alpha value is -1.71. The summed E-state index contributed by atoms with van der Waals surface area (Å²) in [5.74, 6) is -0.286. The second-order valence-corrected chi connectivity index (χ2v) is 4.47. The van der Waals surface area contributed by atoms with Crippen LogP contribution in [-0.4, -0.2) is 5.91 Å². The first-order valence-corrected chi connectivity index (χ1v) is 5.94. The van der Waals surface area contributed by atoms with Crippen LogP contribution in [0.5, 0.6) is 0 Å². The van der Waals surface area contributed by atoms with Crippen LogP contribution in [0.15, 0.2) is 42.5 Å². The highest BCUT2D eigenvalue weighted by Crippen LogP contribution is 2.29. The third kappa shape index (κ3) is 2.75. The van der Waals surface area contributed by atoms with Crippen molar-refractivity contribution in [2.24, 2.45) is 0 Å². The van der Waals surface area contributed by atoms with Gasteiger partial charge in [0, 0.05) is 11.3 Å². The molecule has 0 bridgehead atoms. The number of hydrogen-bond donors (Lipinski definition) is 2. The molecule has 2 rings (SSSR count). The largest absolute Gasteiger partial charge is 0.399 e. The normalized spacial score (nSPS) is 10.1. The summed E-state index contributed by atoms with van der Waals surface area (Å²) in [6.07, 6.45) is 0. The quantitative estimate of drug-likeness (QED) is 0.822. The Kier molecular flexibility index (Phi) is 3.75. The van der Waals surface area contributed by atoms with Gasteiger partial charge in [-0.05, 0) is 30.3 Å². The molecule has 0 unspecified atom stereocenters. The van der Waals surface area contributed by atoms with E-state index in [1.54, 1.807) is 42.5 Å². The van der Waals surface area contributed by atoms with Crippen molar-refractivity contribution in [3.63, 3.8) is 0 Å². The monoisotopic (exact) mass is 280 g/mol. The van der Waals surface area contributed by atoms with Crippen LogP contribution >= 0.6 is 23.2 Å². The van der Waals surface area contributed by atoms with E-state index in [9.17, 15) is 4.79 Å². The van der Waals surface area contributed by atoms with Gasteiger partial charge in [-0.15, -0.1) is 0 Å². The number of amides is 1. The summed E-state index contributed by atoms with van der Waals surface area (Å²) < 4.78 is 0. The molecule has 0 aromatic heterocycles. The number of nitrogens with one attached hydrogen (secondary N) is 1.